The summed E-state index contributed by atoms with van der Waals surface area (Å²) in [5.41, 5.74) is 3.17. The molecule has 0 bridgehead atoms. The van der Waals surface area contributed by atoms with Gasteiger partial charge in [-0.05, 0) is 29.1 Å². The van der Waals surface area contributed by atoms with Crippen molar-refractivity contribution in [1.29, 1.82) is 0 Å². The molecule has 0 atom stereocenters. The Hall–Kier alpha value is -2.05. The number of nitrogens with zero attached hydrogens (tertiary/aromatic N) is 1. The molecular formula is C15H15ClN2O3S. The van der Waals surface area contributed by atoms with Crippen LogP contribution in [0.2, 0.25) is 5.02 Å². The number of thiophene rings is 1. The van der Waals surface area contributed by atoms with Crippen LogP contribution in [0.4, 0.5) is 0 Å². The Morgan fingerprint density at radius 2 is 2.23 bits per heavy atom. The highest BCUT2D eigenvalue weighted by atomic mass is 35.5. The zero-order valence-corrected chi connectivity index (χ0v) is 13.7. The van der Waals surface area contributed by atoms with Gasteiger partial charge in [-0.2, -0.15) is 5.10 Å². The summed E-state index contributed by atoms with van der Waals surface area (Å²) in [6.07, 6.45) is 1.81. The van der Waals surface area contributed by atoms with Crippen molar-refractivity contribution in [2.24, 2.45) is 5.10 Å². The average molecular weight is 339 g/mol. The van der Waals surface area contributed by atoms with Crippen molar-refractivity contribution in [3.05, 3.63) is 45.1 Å². The lowest BCUT2D eigenvalue weighted by molar-refractivity contribution is -0.120. The van der Waals surface area contributed by atoms with E-state index >= 15 is 0 Å². The predicted octanol–water partition coefficient (Wildman–Crippen LogP) is 3.11. The van der Waals surface area contributed by atoms with Gasteiger partial charge in [0, 0.05) is 4.88 Å². The number of nitrogens with one attached hydrogen (secondary N) is 1. The molecule has 0 radical (unpaired) electrons. The Labute approximate surface area is 137 Å². The Morgan fingerprint density at radius 1 is 1.41 bits per heavy atom. The van der Waals surface area contributed by atoms with Crippen LogP contribution >= 0.6 is 22.9 Å². The number of carbonyl (C=O) groups is 1. The Morgan fingerprint density at radius 3 is 2.86 bits per heavy atom. The number of rotatable bonds is 6. The number of methoxy groups -OCH3 is 2. The van der Waals surface area contributed by atoms with Crippen molar-refractivity contribution in [1.82, 2.24) is 5.43 Å². The van der Waals surface area contributed by atoms with Crippen LogP contribution < -0.4 is 14.9 Å². The Balaban J connectivity index is 2.01. The van der Waals surface area contributed by atoms with Crippen LogP contribution in [-0.2, 0) is 11.2 Å². The van der Waals surface area contributed by atoms with E-state index in [2.05, 4.69) is 10.5 Å². The third kappa shape index (κ3) is 4.22. The smallest absolute Gasteiger partial charge is 0.245 e. The van der Waals surface area contributed by atoms with Crippen molar-refractivity contribution < 1.29 is 14.3 Å². The van der Waals surface area contributed by atoms with Gasteiger partial charge in [-0.25, -0.2) is 5.43 Å². The quantitative estimate of drug-likeness (QED) is 0.650. The number of benzene rings is 1. The summed E-state index contributed by atoms with van der Waals surface area (Å²) in [4.78, 5) is 12.7. The molecule has 22 heavy (non-hydrogen) atoms. The summed E-state index contributed by atoms with van der Waals surface area (Å²) in [6, 6.07) is 7.21. The van der Waals surface area contributed by atoms with Crippen LogP contribution in [0, 0.1) is 0 Å². The molecule has 2 rings (SSSR count). The molecule has 0 saturated carbocycles. The van der Waals surface area contributed by atoms with Gasteiger partial charge in [0.2, 0.25) is 5.91 Å². The lowest BCUT2D eigenvalue weighted by atomic mass is 10.2. The highest BCUT2D eigenvalue weighted by molar-refractivity contribution is 7.10. The molecule has 0 aliphatic heterocycles. The molecule has 1 N–H and O–H groups in total. The monoisotopic (exact) mass is 338 g/mol. The van der Waals surface area contributed by atoms with Crippen LogP contribution in [0.1, 0.15) is 10.4 Å². The van der Waals surface area contributed by atoms with E-state index in [1.54, 1.807) is 12.1 Å². The maximum Gasteiger partial charge on any atom is 0.245 e. The minimum absolute atomic E-state index is 0.176. The van der Waals surface area contributed by atoms with Crippen LogP contribution in [-0.4, -0.2) is 26.3 Å². The largest absolute Gasteiger partial charge is 0.493 e. The minimum atomic E-state index is -0.176. The standard InChI is InChI=1S/C15H15ClN2O3S/c1-20-13-7-10(6-12(16)15(13)21-2)9-17-18-14(19)8-11-4-3-5-22-11/h3-7,9H,8H2,1-2H3,(H,18,19)/b17-9+. The molecular weight excluding hydrogens is 324 g/mol. The van der Waals surface area contributed by atoms with E-state index in [4.69, 9.17) is 21.1 Å². The second kappa shape index (κ2) is 7.82. The molecule has 2 aromatic rings. The molecule has 0 unspecified atom stereocenters. The minimum Gasteiger partial charge on any atom is -0.493 e. The van der Waals surface area contributed by atoms with E-state index in [1.807, 2.05) is 17.5 Å². The zero-order valence-electron chi connectivity index (χ0n) is 12.1. The van der Waals surface area contributed by atoms with Crippen molar-refractivity contribution in [2.75, 3.05) is 14.2 Å². The van der Waals surface area contributed by atoms with Crippen molar-refractivity contribution in [3.63, 3.8) is 0 Å². The van der Waals surface area contributed by atoms with Gasteiger partial charge in [0.15, 0.2) is 11.5 Å². The molecule has 0 aliphatic rings. The maximum absolute atomic E-state index is 11.7. The van der Waals surface area contributed by atoms with Crippen molar-refractivity contribution in [3.8, 4) is 11.5 Å². The summed E-state index contributed by atoms with van der Waals surface area (Å²) in [6.45, 7) is 0. The third-order valence-corrected chi connectivity index (χ3v) is 3.93. The lowest BCUT2D eigenvalue weighted by Gasteiger charge is -2.09. The van der Waals surface area contributed by atoms with Crippen molar-refractivity contribution >= 4 is 35.1 Å². The molecule has 0 spiro atoms. The molecule has 1 aromatic carbocycles. The lowest BCUT2D eigenvalue weighted by Crippen LogP contribution is -2.19. The summed E-state index contributed by atoms with van der Waals surface area (Å²) in [5, 5.41) is 6.26. The van der Waals surface area contributed by atoms with E-state index in [1.165, 1.54) is 31.8 Å². The van der Waals surface area contributed by atoms with Gasteiger partial charge in [-0.15, -0.1) is 11.3 Å². The van der Waals surface area contributed by atoms with E-state index in [0.717, 1.165) is 4.88 Å². The first-order chi connectivity index (χ1) is 10.6. The number of hydrogen-bond donors (Lipinski definition) is 1. The molecule has 0 aliphatic carbocycles. The summed E-state index contributed by atoms with van der Waals surface area (Å²) in [5.74, 6) is 0.787. The van der Waals surface area contributed by atoms with Crippen LogP contribution in [0.15, 0.2) is 34.7 Å². The van der Waals surface area contributed by atoms with E-state index < -0.39 is 0 Å². The van der Waals surface area contributed by atoms with Crippen LogP contribution in [0.5, 0.6) is 11.5 Å². The number of halogens is 1. The molecule has 5 nitrogen and oxygen atoms in total. The van der Waals surface area contributed by atoms with Gasteiger partial charge in [0.05, 0.1) is 31.9 Å². The fourth-order valence-corrected chi connectivity index (χ4v) is 2.80. The third-order valence-electron chi connectivity index (χ3n) is 2.77. The highest BCUT2D eigenvalue weighted by Crippen LogP contribution is 2.35. The first-order valence-corrected chi connectivity index (χ1v) is 7.65. The highest BCUT2D eigenvalue weighted by Gasteiger charge is 2.10. The first kappa shape index (κ1) is 16.3. The number of hydrogen-bond acceptors (Lipinski definition) is 5. The maximum atomic E-state index is 11.7. The van der Waals surface area contributed by atoms with Crippen LogP contribution in [0.3, 0.4) is 0 Å². The molecule has 0 fully saturated rings. The predicted molar refractivity (Wildman–Crippen MR) is 88.3 cm³/mol. The molecule has 116 valence electrons. The summed E-state index contributed by atoms with van der Waals surface area (Å²) in [7, 11) is 3.04. The Bertz CT molecular complexity index is 672. The number of ether oxygens (including phenoxy) is 2. The molecule has 0 saturated heterocycles. The van der Waals surface area contributed by atoms with Gasteiger partial charge in [0.25, 0.3) is 0 Å². The normalized spacial score (nSPS) is 10.7. The van der Waals surface area contributed by atoms with Gasteiger partial charge in [-0.1, -0.05) is 17.7 Å². The van der Waals surface area contributed by atoms with E-state index in [9.17, 15) is 4.79 Å². The second-order valence-electron chi connectivity index (χ2n) is 4.29. The molecule has 1 aromatic heterocycles. The van der Waals surface area contributed by atoms with Gasteiger partial charge < -0.3 is 9.47 Å². The number of amides is 1. The topological polar surface area (TPSA) is 59.9 Å². The SMILES string of the molecule is COc1cc(/C=N/NC(=O)Cc2cccs2)cc(Cl)c1OC. The van der Waals surface area contributed by atoms with Gasteiger partial charge >= 0.3 is 0 Å². The van der Waals surface area contributed by atoms with Crippen molar-refractivity contribution in [2.45, 2.75) is 6.42 Å². The Kier molecular flexibility index (Phi) is 5.80. The first-order valence-electron chi connectivity index (χ1n) is 6.40. The summed E-state index contributed by atoms with van der Waals surface area (Å²) < 4.78 is 10.4. The van der Waals surface area contributed by atoms with Gasteiger partial charge in [-0.3, -0.25) is 4.79 Å². The van der Waals surface area contributed by atoms with E-state index in [-0.39, 0.29) is 5.91 Å². The number of carbonyl (C=O) groups excluding carboxylic acids is 1. The fraction of sp³-hybridized carbons (Fsp3) is 0.200. The molecule has 7 heteroatoms. The average Bonchev–Trinajstić information content (AvgIpc) is 2.99. The summed E-state index contributed by atoms with van der Waals surface area (Å²) >= 11 is 7.63. The fourth-order valence-electron chi connectivity index (χ4n) is 1.80. The second-order valence-corrected chi connectivity index (χ2v) is 5.73. The number of hydrazone groups is 1. The zero-order chi connectivity index (χ0) is 15.9. The van der Waals surface area contributed by atoms with Gasteiger partial charge in [0.1, 0.15) is 0 Å². The van der Waals surface area contributed by atoms with Crippen LogP contribution in [0.25, 0.3) is 0 Å². The molecule has 1 heterocycles. The van der Waals surface area contributed by atoms with E-state index in [0.29, 0.717) is 28.5 Å². The molecule has 1 amide bonds.